The SMILES string of the molecule is CCCc1cc(C)cc2c1Cc1c(ccc(C3CS(=O)C3)c1SCC(=O)[O-])O2.[NH3+]C1CCCCC1. The number of carbonyl (C=O) groups is 1. The number of quaternary nitrogens is 1. The number of hydrogen-bond acceptors (Lipinski definition) is 5. The average Bonchev–Trinajstić information content (AvgIpc) is 2.80. The Morgan fingerprint density at radius 1 is 1.14 bits per heavy atom. The molecule has 2 aromatic rings. The third-order valence-corrected chi connectivity index (χ3v) is 9.76. The Hall–Kier alpha value is -1.83. The molecule has 7 heteroatoms. The molecule has 2 aromatic carbocycles. The molecule has 0 bridgehead atoms. The van der Waals surface area contributed by atoms with Gasteiger partial charge >= 0.3 is 0 Å². The second-order valence-corrected chi connectivity index (χ2v) is 12.6. The summed E-state index contributed by atoms with van der Waals surface area (Å²) in [6.07, 6.45) is 9.84. The Balaban J connectivity index is 0.000000356. The summed E-state index contributed by atoms with van der Waals surface area (Å²) in [7, 11) is -0.760. The van der Waals surface area contributed by atoms with Gasteiger partial charge in [-0.2, -0.15) is 0 Å². The highest BCUT2D eigenvalue weighted by Crippen LogP contribution is 2.46. The van der Waals surface area contributed by atoms with Crippen LogP contribution in [0.2, 0.25) is 0 Å². The van der Waals surface area contributed by atoms with E-state index < -0.39 is 16.8 Å². The number of thioether (sulfide) groups is 1. The first kappa shape index (κ1) is 26.2. The third kappa shape index (κ3) is 6.49. The van der Waals surface area contributed by atoms with Crippen molar-refractivity contribution in [2.75, 3.05) is 17.3 Å². The molecule has 5 nitrogen and oxygen atoms in total. The van der Waals surface area contributed by atoms with Crippen LogP contribution in [0.25, 0.3) is 0 Å². The van der Waals surface area contributed by atoms with Gasteiger partial charge in [0, 0.05) is 56.4 Å². The van der Waals surface area contributed by atoms with Crippen molar-refractivity contribution in [2.45, 2.75) is 82.1 Å². The van der Waals surface area contributed by atoms with Gasteiger partial charge in [-0.1, -0.05) is 31.9 Å². The van der Waals surface area contributed by atoms with Crippen molar-refractivity contribution in [3.05, 3.63) is 52.1 Å². The van der Waals surface area contributed by atoms with Crippen LogP contribution in [0.1, 0.15) is 79.2 Å². The lowest BCUT2D eigenvalue weighted by Crippen LogP contribution is -2.61. The van der Waals surface area contributed by atoms with Crippen LogP contribution >= 0.6 is 11.8 Å². The smallest absolute Gasteiger partial charge is 0.132 e. The molecule has 0 unspecified atom stereocenters. The molecule has 35 heavy (non-hydrogen) atoms. The first-order chi connectivity index (χ1) is 16.9. The minimum absolute atomic E-state index is 0.0954. The summed E-state index contributed by atoms with van der Waals surface area (Å²) < 4.78 is 17.9. The van der Waals surface area contributed by atoms with Crippen molar-refractivity contribution in [1.29, 1.82) is 0 Å². The van der Waals surface area contributed by atoms with Crippen molar-refractivity contribution < 1.29 is 24.6 Å². The molecule has 2 heterocycles. The van der Waals surface area contributed by atoms with E-state index in [4.69, 9.17) is 4.74 Å². The highest BCUT2D eigenvalue weighted by molar-refractivity contribution is 8.00. The zero-order valence-electron chi connectivity index (χ0n) is 20.9. The van der Waals surface area contributed by atoms with E-state index in [9.17, 15) is 14.1 Å². The normalized spacial score (nSPS) is 21.0. The lowest BCUT2D eigenvalue weighted by molar-refractivity contribution is -0.425. The predicted molar refractivity (Wildman–Crippen MR) is 141 cm³/mol. The summed E-state index contributed by atoms with van der Waals surface area (Å²) in [6, 6.07) is 9.09. The van der Waals surface area contributed by atoms with Crippen LogP contribution in [0.3, 0.4) is 0 Å². The largest absolute Gasteiger partial charge is 0.549 e. The monoisotopic (exact) mass is 515 g/mol. The number of benzene rings is 2. The van der Waals surface area contributed by atoms with Crippen molar-refractivity contribution in [1.82, 2.24) is 0 Å². The highest BCUT2D eigenvalue weighted by atomic mass is 32.2. The van der Waals surface area contributed by atoms with E-state index in [2.05, 4.69) is 31.7 Å². The van der Waals surface area contributed by atoms with Crippen molar-refractivity contribution in [3.8, 4) is 11.5 Å². The molecular formula is C28H37NO4S2. The molecular weight excluding hydrogens is 478 g/mol. The Bertz CT molecular complexity index is 1090. The minimum atomic E-state index is -1.08. The number of carboxylic acid groups (broad SMARTS) is 1. The maximum atomic E-state index is 11.6. The van der Waals surface area contributed by atoms with Gasteiger partial charge in [0.05, 0.1) is 12.0 Å². The molecule has 0 amide bonds. The summed E-state index contributed by atoms with van der Waals surface area (Å²) in [5, 5.41) is 11.1. The number of carbonyl (C=O) groups excluding carboxylic acids is 1. The molecule has 0 radical (unpaired) electrons. The average molecular weight is 516 g/mol. The van der Waals surface area contributed by atoms with Crippen molar-refractivity contribution in [3.63, 3.8) is 0 Å². The Morgan fingerprint density at radius 2 is 1.89 bits per heavy atom. The van der Waals surface area contributed by atoms with E-state index >= 15 is 0 Å². The van der Waals surface area contributed by atoms with Gasteiger partial charge in [0.25, 0.3) is 0 Å². The standard InChI is InChI=1S/C22H24O4S2.C6H13N/c1-3-4-14-7-13(2)8-20-17(14)9-18-19(26-20)6-5-16(15-11-28(25)12-15)22(18)27-10-21(23)24;7-6-4-2-1-3-5-6/h5-8,15H,3-4,9-12H2,1-2H3,(H,23,24);6H,1-5,7H2. The minimum Gasteiger partial charge on any atom is -0.549 e. The summed E-state index contributed by atoms with van der Waals surface area (Å²) in [6.45, 7) is 4.25. The highest BCUT2D eigenvalue weighted by Gasteiger charge is 2.32. The summed E-state index contributed by atoms with van der Waals surface area (Å²) >= 11 is 1.30. The van der Waals surface area contributed by atoms with Gasteiger partial charge in [-0.25, -0.2) is 0 Å². The van der Waals surface area contributed by atoms with E-state index in [1.165, 1.54) is 60.6 Å². The second kappa shape index (κ2) is 11.9. The first-order valence-corrected chi connectivity index (χ1v) is 15.3. The van der Waals surface area contributed by atoms with Gasteiger partial charge in [0.1, 0.15) is 11.5 Å². The van der Waals surface area contributed by atoms with E-state index in [-0.39, 0.29) is 11.7 Å². The van der Waals surface area contributed by atoms with Crippen LogP contribution in [-0.4, -0.2) is 33.5 Å². The van der Waals surface area contributed by atoms with Crippen LogP contribution in [0.15, 0.2) is 29.2 Å². The lowest BCUT2D eigenvalue weighted by Gasteiger charge is -2.31. The van der Waals surface area contributed by atoms with Gasteiger partial charge in [0.2, 0.25) is 0 Å². The number of aryl methyl sites for hydroxylation is 2. The fraction of sp³-hybridized carbons (Fsp3) is 0.536. The molecule has 1 aliphatic carbocycles. The van der Waals surface area contributed by atoms with Gasteiger partial charge < -0.3 is 20.4 Å². The van der Waals surface area contributed by atoms with Crippen LogP contribution in [0.5, 0.6) is 11.5 Å². The van der Waals surface area contributed by atoms with Gasteiger partial charge in [-0.3, -0.25) is 4.21 Å². The zero-order valence-corrected chi connectivity index (χ0v) is 22.5. The Morgan fingerprint density at radius 3 is 2.49 bits per heavy atom. The number of carboxylic acids is 1. The lowest BCUT2D eigenvalue weighted by atomic mass is 9.90. The van der Waals surface area contributed by atoms with E-state index in [1.807, 2.05) is 12.1 Å². The van der Waals surface area contributed by atoms with E-state index in [1.54, 1.807) is 0 Å². The number of fused-ring (bicyclic) bond motifs is 2. The van der Waals surface area contributed by atoms with Crippen molar-refractivity contribution >= 4 is 28.5 Å². The summed E-state index contributed by atoms with van der Waals surface area (Å²) in [4.78, 5) is 12.1. The number of rotatable bonds is 6. The molecule has 3 aliphatic rings. The molecule has 0 atom stereocenters. The maximum Gasteiger partial charge on any atom is 0.132 e. The van der Waals surface area contributed by atoms with Gasteiger partial charge in [-0.05, 0) is 67.9 Å². The summed E-state index contributed by atoms with van der Waals surface area (Å²) in [5.41, 5.74) is 9.83. The summed E-state index contributed by atoms with van der Waals surface area (Å²) in [5.74, 6) is 2.05. The third-order valence-electron chi connectivity index (χ3n) is 7.06. The molecule has 5 rings (SSSR count). The molecule has 190 valence electrons. The van der Waals surface area contributed by atoms with Crippen LogP contribution < -0.4 is 15.6 Å². The second-order valence-electron chi connectivity index (χ2n) is 10.0. The molecule has 1 saturated heterocycles. The van der Waals surface area contributed by atoms with Crippen LogP contribution in [0.4, 0.5) is 0 Å². The Kier molecular flexibility index (Phi) is 8.95. The van der Waals surface area contributed by atoms with Gasteiger partial charge in [0.15, 0.2) is 0 Å². The molecule has 0 spiro atoms. The van der Waals surface area contributed by atoms with Gasteiger partial charge in [-0.15, -0.1) is 11.8 Å². The number of hydrogen-bond donors (Lipinski definition) is 1. The maximum absolute atomic E-state index is 11.6. The van der Waals surface area contributed by atoms with Crippen LogP contribution in [-0.2, 0) is 28.4 Å². The number of aliphatic carboxylic acids is 1. The van der Waals surface area contributed by atoms with Crippen molar-refractivity contribution in [2.24, 2.45) is 0 Å². The zero-order chi connectivity index (χ0) is 24.9. The van der Waals surface area contributed by atoms with Crippen LogP contribution in [0, 0.1) is 6.92 Å². The molecule has 1 saturated carbocycles. The Labute approximate surface area is 215 Å². The predicted octanol–water partition coefficient (Wildman–Crippen LogP) is 3.89. The molecule has 2 aliphatic heterocycles. The molecule has 0 aromatic heterocycles. The number of ether oxygens (including phenoxy) is 1. The first-order valence-electron chi connectivity index (χ1n) is 12.8. The molecule has 3 N–H and O–H groups in total. The molecule has 2 fully saturated rings. The topological polar surface area (TPSA) is 94.1 Å². The van der Waals surface area contributed by atoms with E-state index in [0.717, 1.165) is 52.8 Å². The quantitative estimate of drug-likeness (QED) is 0.503. The van der Waals surface area contributed by atoms with E-state index in [0.29, 0.717) is 11.5 Å². The fourth-order valence-electron chi connectivity index (χ4n) is 5.22. The fourth-order valence-corrected chi connectivity index (χ4v) is 7.39.